The molecule has 53 heavy (non-hydrogen) atoms. The molecule has 3 heterocycles. The summed E-state index contributed by atoms with van der Waals surface area (Å²) in [5, 5.41) is 4.98. The average Bonchev–Trinajstić information content (AvgIpc) is 3.74. The Balaban J connectivity index is 0.00000183. The average molecular weight is 682 g/mol. The van der Waals surface area contributed by atoms with Gasteiger partial charge in [-0.15, -0.1) is 0 Å². The SMILES string of the molecule is CC.Cc1ccc(-c2cccc(-c3cccc(-n4c5ccccc5c5ccc(-c6ccc7c(c6)c6ccccc6n7-c6ccccc6)cc54)c3)n2)cc1. The van der Waals surface area contributed by atoms with Crippen molar-refractivity contribution in [2.45, 2.75) is 20.8 Å². The van der Waals surface area contributed by atoms with Gasteiger partial charge in [-0.3, -0.25) is 0 Å². The largest absolute Gasteiger partial charge is 0.309 e. The molecule has 10 aromatic rings. The minimum absolute atomic E-state index is 0.958. The zero-order valence-electron chi connectivity index (χ0n) is 30.2. The van der Waals surface area contributed by atoms with Gasteiger partial charge in [0.15, 0.2) is 0 Å². The molecule has 0 aliphatic heterocycles. The predicted molar refractivity (Wildman–Crippen MR) is 225 cm³/mol. The van der Waals surface area contributed by atoms with E-state index in [2.05, 4.69) is 198 Å². The van der Waals surface area contributed by atoms with Crippen LogP contribution in [-0.2, 0) is 0 Å². The number of rotatable bonds is 5. The summed E-state index contributed by atoms with van der Waals surface area (Å²) < 4.78 is 4.77. The van der Waals surface area contributed by atoms with Crippen molar-refractivity contribution in [2.75, 3.05) is 0 Å². The van der Waals surface area contributed by atoms with E-state index >= 15 is 0 Å². The first-order chi connectivity index (χ1) is 26.2. The second-order valence-corrected chi connectivity index (χ2v) is 13.3. The van der Waals surface area contributed by atoms with Crippen molar-refractivity contribution in [1.29, 1.82) is 0 Å². The van der Waals surface area contributed by atoms with Crippen LogP contribution in [0.15, 0.2) is 182 Å². The second-order valence-electron chi connectivity index (χ2n) is 13.3. The summed E-state index contributed by atoms with van der Waals surface area (Å²) in [5.41, 5.74) is 14.8. The van der Waals surface area contributed by atoms with E-state index in [0.29, 0.717) is 0 Å². The fraction of sp³-hybridized carbons (Fsp3) is 0.0600. The highest BCUT2D eigenvalue weighted by atomic mass is 15.0. The van der Waals surface area contributed by atoms with Gasteiger partial charge in [-0.05, 0) is 84.8 Å². The Bertz CT molecular complexity index is 2910. The molecule has 0 amide bonds. The zero-order valence-corrected chi connectivity index (χ0v) is 30.2. The molecule has 0 fully saturated rings. The first-order valence-corrected chi connectivity index (χ1v) is 18.5. The molecular formula is C50H39N3. The van der Waals surface area contributed by atoms with E-state index < -0.39 is 0 Å². The van der Waals surface area contributed by atoms with Crippen LogP contribution in [0, 0.1) is 6.92 Å². The fourth-order valence-electron chi connectivity index (χ4n) is 7.72. The van der Waals surface area contributed by atoms with E-state index in [4.69, 9.17) is 4.98 Å². The third-order valence-corrected chi connectivity index (χ3v) is 10.2. The van der Waals surface area contributed by atoms with Crippen molar-refractivity contribution in [3.8, 4) is 45.0 Å². The fourth-order valence-corrected chi connectivity index (χ4v) is 7.72. The van der Waals surface area contributed by atoms with E-state index in [1.54, 1.807) is 0 Å². The van der Waals surface area contributed by atoms with Crippen molar-refractivity contribution in [1.82, 2.24) is 14.1 Å². The first kappa shape index (κ1) is 32.2. The Hall–Kier alpha value is -6.71. The van der Waals surface area contributed by atoms with Gasteiger partial charge in [0.2, 0.25) is 0 Å². The van der Waals surface area contributed by atoms with E-state index in [1.165, 1.54) is 66.0 Å². The number of aryl methyl sites for hydroxylation is 1. The molecule has 0 spiro atoms. The van der Waals surface area contributed by atoms with Crippen LogP contribution in [0.25, 0.3) is 88.6 Å². The Morgan fingerprint density at radius 2 is 0.868 bits per heavy atom. The summed E-state index contributed by atoms with van der Waals surface area (Å²) in [6.45, 7) is 6.11. The molecule has 3 heteroatoms. The molecule has 7 aromatic carbocycles. The molecule has 3 nitrogen and oxygen atoms in total. The molecule has 0 N–H and O–H groups in total. The van der Waals surface area contributed by atoms with Gasteiger partial charge in [-0.1, -0.05) is 135 Å². The lowest BCUT2D eigenvalue weighted by Gasteiger charge is -2.12. The predicted octanol–water partition coefficient (Wildman–Crippen LogP) is 13.6. The number of fused-ring (bicyclic) bond motifs is 6. The van der Waals surface area contributed by atoms with Crippen LogP contribution in [0.3, 0.4) is 0 Å². The molecule has 0 aliphatic rings. The second kappa shape index (κ2) is 13.4. The molecule has 0 aliphatic carbocycles. The normalized spacial score (nSPS) is 11.3. The highest BCUT2D eigenvalue weighted by Crippen LogP contribution is 2.38. The Morgan fingerprint density at radius 1 is 0.340 bits per heavy atom. The summed E-state index contributed by atoms with van der Waals surface area (Å²) in [5.74, 6) is 0. The van der Waals surface area contributed by atoms with Gasteiger partial charge >= 0.3 is 0 Å². The van der Waals surface area contributed by atoms with E-state index in [0.717, 1.165) is 28.2 Å². The Morgan fingerprint density at radius 3 is 1.62 bits per heavy atom. The third-order valence-electron chi connectivity index (χ3n) is 10.2. The number of aromatic nitrogens is 3. The summed E-state index contributed by atoms with van der Waals surface area (Å²) in [6.07, 6.45) is 0. The van der Waals surface area contributed by atoms with Gasteiger partial charge in [0, 0.05) is 44.0 Å². The van der Waals surface area contributed by atoms with E-state index in [9.17, 15) is 0 Å². The Kier molecular flexibility index (Phi) is 8.17. The number of para-hydroxylation sites is 3. The number of pyridine rings is 1. The van der Waals surface area contributed by atoms with E-state index in [-0.39, 0.29) is 0 Å². The molecule has 0 radical (unpaired) electrons. The van der Waals surface area contributed by atoms with Crippen molar-refractivity contribution < 1.29 is 0 Å². The minimum atomic E-state index is 0.958. The smallest absolute Gasteiger partial charge is 0.0710 e. The topological polar surface area (TPSA) is 22.8 Å². The molecule has 0 bridgehead atoms. The van der Waals surface area contributed by atoms with Gasteiger partial charge in [0.05, 0.1) is 33.5 Å². The molecule has 0 atom stereocenters. The van der Waals surface area contributed by atoms with Crippen molar-refractivity contribution in [3.05, 3.63) is 188 Å². The minimum Gasteiger partial charge on any atom is -0.309 e. The van der Waals surface area contributed by atoms with Gasteiger partial charge in [-0.2, -0.15) is 0 Å². The van der Waals surface area contributed by atoms with Crippen LogP contribution in [-0.4, -0.2) is 14.1 Å². The lowest BCUT2D eigenvalue weighted by atomic mass is 10.0. The molecule has 3 aromatic heterocycles. The Labute approximate surface area is 310 Å². The van der Waals surface area contributed by atoms with Crippen LogP contribution in [0.4, 0.5) is 0 Å². The van der Waals surface area contributed by atoms with E-state index in [1.807, 2.05) is 13.8 Å². The molecular weight excluding hydrogens is 643 g/mol. The van der Waals surface area contributed by atoms with Gasteiger partial charge in [0.25, 0.3) is 0 Å². The van der Waals surface area contributed by atoms with Crippen LogP contribution in [0.5, 0.6) is 0 Å². The number of hydrogen-bond donors (Lipinski definition) is 0. The number of hydrogen-bond acceptors (Lipinski definition) is 1. The third kappa shape index (κ3) is 5.58. The van der Waals surface area contributed by atoms with Gasteiger partial charge < -0.3 is 9.13 Å². The maximum absolute atomic E-state index is 5.10. The molecule has 254 valence electrons. The van der Waals surface area contributed by atoms with Crippen LogP contribution in [0.2, 0.25) is 0 Å². The van der Waals surface area contributed by atoms with Crippen molar-refractivity contribution in [2.24, 2.45) is 0 Å². The summed E-state index contributed by atoms with van der Waals surface area (Å²) in [7, 11) is 0. The maximum atomic E-state index is 5.10. The molecule has 10 rings (SSSR count). The monoisotopic (exact) mass is 681 g/mol. The van der Waals surface area contributed by atoms with Crippen LogP contribution < -0.4 is 0 Å². The molecule has 0 saturated heterocycles. The van der Waals surface area contributed by atoms with Crippen LogP contribution >= 0.6 is 0 Å². The lowest BCUT2D eigenvalue weighted by Crippen LogP contribution is -1.95. The highest BCUT2D eigenvalue weighted by Gasteiger charge is 2.16. The maximum Gasteiger partial charge on any atom is 0.0710 e. The number of nitrogens with zero attached hydrogens (tertiary/aromatic N) is 3. The number of benzene rings is 7. The summed E-state index contributed by atoms with van der Waals surface area (Å²) in [6, 6.07) is 65.5. The molecule has 0 saturated carbocycles. The lowest BCUT2D eigenvalue weighted by molar-refractivity contribution is 1.18. The first-order valence-electron chi connectivity index (χ1n) is 18.5. The summed E-state index contributed by atoms with van der Waals surface area (Å²) >= 11 is 0. The van der Waals surface area contributed by atoms with Crippen molar-refractivity contribution in [3.63, 3.8) is 0 Å². The van der Waals surface area contributed by atoms with Crippen molar-refractivity contribution >= 4 is 43.6 Å². The van der Waals surface area contributed by atoms with Gasteiger partial charge in [0.1, 0.15) is 0 Å². The van der Waals surface area contributed by atoms with Gasteiger partial charge in [-0.25, -0.2) is 4.98 Å². The summed E-state index contributed by atoms with van der Waals surface area (Å²) in [4.78, 5) is 5.10. The molecule has 0 unspecified atom stereocenters. The zero-order chi connectivity index (χ0) is 35.9. The van der Waals surface area contributed by atoms with Crippen LogP contribution in [0.1, 0.15) is 19.4 Å². The highest BCUT2D eigenvalue weighted by molar-refractivity contribution is 6.12. The standard InChI is InChI=1S/C48H33N3.C2H6/c1-32-21-23-33(24-22-32)43-17-10-18-44(49-43)36-11-9-14-38(29-36)51-45-19-7-5-15-39(45)41-27-25-35(31-48(41)51)34-26-28-47-42(30-34)40-16-6-8-20-46(40)50(47)37-12-3-2-4-13-37;1-2/h2-31H,1H3;1-2H3. The quantitative estimate of drug-likeness (QED) is 0.177.